The van der Waals surface area contributed by atoms with Gasteiger partial charge in [0.2, 0.25) is 0 Å². The molecular formula is C15H23NO2. The monoisotopic (exact) mass is 249 g/mol. The van der Waals surface area contributed by atoms with Crippen LogP contribution in [0.3, 0.4) is 0 Å². The van der Waals surface area contributed by atoms with Crippen molar-refractivity contribution in [2.45, 2.75) is 38.8 Å². The SMILES string of the molecule is CNC(c1ccc(OC(C)C)cc1)C1(CO)CC1. The van der Waals surface area contributed by atoms with Crippen molar-refractivity contribution in [2.24, 2.45) is 5.41 Å². The third-order valence-corrected chi connectivity index (χ3v) is 3.69. The van der Waals surface area contributed by atoms with E-state index in [1.54, 1.807) is 0 Å². The van der Waals surface area contributed by atoms with E-state index in [9.17, 15) is 5.11 Å². The lowest BCUT2D eigenvalue weighted by Gasteiger charge is -2.25. The summed E-state index contributed by atoms with van der Waals surface area (Å²) in [6.07, 6.45) is 2.39. The van der Waals surface area contributed by atoms with Gasteiger partial charge < -0.3 is 15.2 Å². The molecule has 1 saturated carbocycles. The molecule has 1 aliphatic rings. The number of hydrogen-bond acceptors (Lipinski definition) is 3. The van der Waals surface area contributed by atoms with Crippen LogP contribution in [0, 0.1) is 5.41 Å². The molecule has 3 nitrogen and oxygen atoms in total. The molecule has 0 bridgehead atoms. The van der Waals surface area contributed by atoms with Gasteiger partial charge in [0.05, 0.1) is 12.7 Å². The molecule has 0 radical (unpaired) electrons. The largest absolute Gasteiger partial charge is 0.491 e. The van der Waals surface area contributed by atoms with Crippen molar-refractivity contribution in [3.05, 3.63) is 29.8 Å². The summed E-state index contributed by atoms with van der Waals surface area (Å²) in [6, 6.07) is 8.43. The standard InChI is InChI=1S/C15H23NO2/c1-11(2)18-13-6-4-12(5-7-13)14(16-3)15(10-17)8-9-15/h4-7,11,14,16-17H,8-10H2,1-3H3. The van der Waals surface area contributed by atoms with E-state index >= 15 is 0 Å². The average Bonchev–Trinajstić information content (AvgIpc) is 3.13. The normalized spacial score (nSPS) is 18.7. The first-order chi connectivity index (χ1) is 8.61. The van der Waals surface area contributed by atoms with Crippen molar-refractivity contribution in [3.63, 3.8) is 0 Å². The molecule has 1 fully saturated rings. The van der Waals surface area contributed by atoms with Crippen LogP contribution in [-0.2, 0) is 0 Å². The molecule has 2 rings (SSSR count). The van der Waals surface area contributed by atoms with Crippen LogP contribution in [0.2, 0.25) is 0 Å². The zero-order chi connectivity index (χ0) is 13.2. The van der Waals surface area contributed by atoms with Crippen LogP contribution in [0.5, 0.6) is 5.75 Å². The first kappa shape index (κ1) is 13.4. The van der Waals surface area contributed by atoms with E-state index in [2.05, 4.69) is 17.4 Å². The Morgan fingerprint density at radius 1 is 1.28 bits per heavy atom. The summed E-state index contributed by atoms with van der Waals surface area (Å²) in [4.78, 5) is 0. The van der Waals surface area contributed by atoms with Gasteiger partial charge in [-0.1, -0.05) is 12.1 Å². The number of rotatable bonds is 6. The van der Waals surface area contributed by atoms with E-state index in [0.717, 1.165) is 18.6 Å². The molecule has 0 heterocycles. The molecule has 0 aromatic heterocycles. The summed E-state index contributed by atoms with van der Waals surface area (Å²) in [7, 11) is 1.96. The molecule has 0 spiro atoms. The Bertz CT molecular complexity index is 382. The van der Waals surface area contributed by atoms with E-state index in [4.69, 9.17) is 4.74 Å². The lowest BCUT2D eigenvalue weighted by molar-refractivity contribution is 0.175. The third-order valence-electron chi connectivity index (χ3n) is 3.69. The van der Waals surface area contributed by atoms with Crippen LogP contribution in [0.4, 0.5) is 0 Å². The van der Waals surface area contributed by atoms with E-state index in [1.807, 2.05) is 33.0 Å². The Morgan fingerprint density at radius 2 is 1.89 bits per heavy atom. The lowest BCUT2D eigenvalue weighted by atomic mass is 9.91. The minimum absolute atomic E-state index is 0.0508. The minimum atomic E-state index is 0.0508. The fourth-order valence-electron chi connectivity index (χ4n) is 2.54. The fraction of sp³-hybridized carbons (Fsp3) is 0.600. The second kappa shape index (κ2) is 5.29. The number of ether oxygens (including phenoxy) is 1. The molecule has 1 atom stereocenters. The molecule has 18 heavy (non-hydrogen) atoms. The third kappa shape index (κ3) is 2.68. The van der Waals surface area contributed by atoms with Crippen LogP contribution in [0.1, 0.15) is 38.3 Å². The molecule has 2 N–H and O–H groups in total. The van der Waals surface area contributed by atoms with Gasteiger partial charge in [-0.25, -0.2) is 0 Å². The quantitative estimate of drug-likeness (QED) is 0.814. The summed E-state index contributed by atoms with van der Waals surface area (Å²) < 4.78 is 5.64. The summed E-state index contributed by atoms with van der Waals surface area (Å²) >= 11 is 0. The van der Waals surface area contributed by atoms with Crippen molar-refractivity contribution < 1.29 is 9.84 Å². The van der Waals surface area contributed by atoms with Crippen LogP contribution in [0.25, 0.3) is 0 Å². The van der Waals surface area contributed by atoms with E-state index < -0.39 is 0 Å². The Hall–Kier alpha value is -1.06. The number of nitrogens with one attached hydrogen (secondary N) is 1. The van der Waals surface area contributed by atoms with Crippen LogP contribution in [-0.4, -0.2) is 24.9 Å². The van der Waals surface area contributed by atoms with E-state index in [1.165, 1.54) is 5.56 Å². The highest BCUT2D eigenvalue weighted by Crippen LogP contribution is 2.54. The zero-order valence-electron chi connectivity index (χ0n) is 11.4. The number of benzene rings is 1. The molecule has 0 amide bonds. The summed E-state index contributed by atoms with van der Waals surface area (Å²) in [5.74, 6) is 0.900. The van der Waals surface area contributed by atoms with Crippen LogP contribution >= 0.6 is 0 Å². The molecule has 100 valence electrons. The molecule has 0 aliphatic heterocycles. The van der Waals surface area contributed by atoms with Gasteiger partial charge in [0, 0.05) is 11.5 Å². The van der Waals surface area contributed by atoms with Crippen molar-refractivity contribution in [3.8, 4) is 5.75 Å². The molecule has 1 aromatic carbocycles. The average molecular weight is 249 g/mol. The Balaban J connectivity index is 2.12. The minimum Gasteiger partial charge on any atom is -0.491 e. The number of aliphatic hydroxyl groups excluding tert-OH is 1. The predicted molar refractivity (Wildman–Crippen MR) is 72.8 cm³/mol. The Morgan fingerprint density at radius 3 is 2.28 bits per heavy atom. The first-order valence-electron chi connectivity index (χ1n) is 6.66. The highest BCUT2D eigenvalue weighted by molar-refractivity contribution is 5.31. The van der Waals surface area contributed by atoms with Gasteiger partial charge in [-0.05, 0) is 51.4 Å². The molecule has 1 unspecified atom stereocenters. The van der Waals surface area contributed by atoms with Gasteiger partial charge in [-0.3, -0.25) is 0 Å². The van der Waals surface area contributed by atoms with E-state index in [-0.39, 0.29) is 24.2 Å². The maximum absolute atomic E-state index is 9.53. The summed E-state index contributed by atoms with van der Waals surface area (Å²) in [6.45, 7) is 4.30. The molecule has 3 heteroatoms. The van der Waals surface area contributed by atoms with Gasteiger partial charge in [-0.2, -0.15) is 0 Å². The van der Waals surface area contributed by atoms with Crippen LogP contribution < -0.4 is 10.1 Å². The van der Waals surface area contributed by atoms with Crippen LogP contribution in [0.15, 0.2) is 24.3 Å². The maximum Gasteiger partial charge on any atom is 0.119 e. The van der Waals surface area contributed by atoms with Crippen molar-refractivity contribution in [2.75, 3.05) is 13.7 Å². The smallest absolute Gasteiger partial charge is 0.119 e. The zero-order valence-corrected chi connectivity index (χ0v) is 11.4. The molecule has 1 aliphatic carbocycles. The fourth-order valence-corrected chi connectivity index (χ4v) is 2.54. The van der Waals surface area contributed by atoms with Crippen molar-refractivity contribution in [1.29, 1.82) is 0 Å². The first-order valence-corrected chi connectivity index (χ1v) is 6.66. The van der Waals surface area contributed by atoms with Crippen molar-refractivity contribution >= 4 is 0 Å². The highest BCUT2D eigenvalue weighted by Gasteiger charge is 2.48. The molecule has 0 saturated heterocycles. The lowest BCUT2D eigenvalue weighted by Crippen LogP contribution is -2.29. The van der Waals surface area contributed by atoms with E-state index in [0.29, 0.717) is 0 Å². The van der Waals surface area contributed by atoms with Crippen molar-refractivity contribution in [1.82, 2.24) is 5.32 Å². The Kier molecular flexibility index (Phi) is 3.93. The summed E-state index contributed by atoms with van der Waals surface area (Å²) in [5, 5.41) is 12.9. The maximum atomic E-state index is 9.53. The second-order valence-corrected chi connectivity index (χ2v) is 5.48. The topological polar surface area (TPSA) is 41.5 Å². The number of aliphatic hydroxyl groups is 1. The highest BCUT2D eigenvalue weighted by atomic mass is 16.5. The molecular weight excluding hydrogens is 226 g/mol. The predicted octanol–water partition coefficient (Wildman–Crippen LogP) is 2.51. The van der Waals surface area contributed by atoms with Gasteiger partial charge in [0.25, 0.3) is 0 Å². The van der Waals surface area contributed by atoms with Gasteiger partial charge in [0.15, 0.2) is 0 Å². The van der Waals surface area contributed by atoms with Gasteiger partial charge in [-0.15, -0.1) is 0 Å². The summed E-state index contributed by atoms with van der Waals surface area (Å²) in [5.41, 5.74) is 1.27. The Labute approximate surface area is 109 Å². The number of hydrogen-bond donors (Lipinski definition) is 2. The second-order valence-electron chi connectivity index (χ2n) is 5.48. The van der Waals surface area contributed by atoms with Gasteiger partial charge >= 0.3 is 0 Å². The van der Waals surface area contributed by atoms with Gasteiger partial charge in [0.1, 0.15) is 5.75 Å². The molecule has 1 aromatic rings.